The van der Waals surface area contributed by atoms with Crippen molar-refractivity contribution in [3.05, 3.63) is 35.4 Å². The number of nitrogens with zero attached hydrogens (tertiary/aromatic N) is 1. The molecule has 0 N–H and O–H groups in total. The predicted molar refractivity (Wildman–Crippen MR) is 102 cm³/mol. The third kappa shape index (κ3) is 3.55. The largest absolute Gasteiger partial charge is 0.341 e. The Labute approximate surface area is 153 Å². The van der Waals surface area contributed by atoms with Gasteiger partial charge < -0.3 is 4.90 Å². The summed E-state index contributed by atoms with van der Waals surface area (Å²) in [6.07, 6.45) is 9.99. The number of hydrogen-bond donors (Lipinski definition) is 0. The molecule has 4 fully saturated rings. The van der Waals surface area contributed by atoms with Gasteiger partial charge in [-0.05, 0) is 79.4 Å². The second-order valence-electron chi connectivity index (χ2n) is 9.00. The summed E-state index contributed by atoms with van der Waals surface area (Å²) in [5.74, 6) is 3.37. The predicted octanol–water partition coefficient (Wildman–Crippen LogP) is 3.85. The van der Waals surface area contributed by atoms with Crippen molar-refractivity contribution in [1.29, 1.82) is 0 Å². The van der Waals surface area contributed by atoms with E-state index in [4.69, 9.17) is 0 Å². The van der Waals surface area contributed by atoms with Gasteiger partial charge in [0, 0.05) is 42.0 Å². The van der Waals surface area contributed by atoms with Crippen molar-refractivity contribution >= 4 is 16.7 Å². The minimum atomic E-state index is -0.883. The van der Waals surface area contributed by atoms with E-state index < -0.39 is 10.8 Å². The van der Waals surface area contributed by atoms with Crippen LogP contribution in [0.25, 0.3) is 0 Å². The Morgan fingerprint density at radius 2 is 1.76 bits per heavy atom. The second kappa shape index (κ2) is 6.53. The van der Waals surface area contributed by atoms with Crippen molar-refractivity contribution in [2.24, 2.45) is 23.2 Å². The van der Waals surface area contributed by atoms with Crippen LogP contribution in [-0.2, 0) is 16.6 Å². The van der Waals surface area contributed by atoms with E-state index in [9.17, 15) is 9.00 Å². The highest BCUT2D eigenvalue weighted by molar-refractivity contribution is 7.83. The van der Waals surface area contributed by atoms with Gasteiger partial charge in [0.25, 0.3) is 5.91 Å². The van der Waals surface area contributed by atoms with Crippen molar-refractivity contribution in [2.75, 3.05) is 19.8 Å². The minimum Gasteiger partial charge on any atom is -0.341 e. The Morgan fingerprint density at radius 1 is 1.16 bits per heavy atom. The highest BCUT2D eigenvalue weighted by Crippen LogP contribution is 2.60. The van der Waals surface area contributed by atoms with Gasteiger partial charge in [0.05, 0.1) is 0 Å². The molecule has 5 rings (SSSR count). The number of amides is 1. The van der Waals surface area contributed by atoms with Crippen molar-refractivity contribution in [1.82, 2.24) is 4.90 Å². The van der Waals surface area contributed by atoms with Gasteiger partial charge >= 0.3 is 0 Å². The van der Waals surface area contributed by atoms with Gasteiger partial charge in [-0.2, -0.15) is 0 Å². The first-order valence-corrected chi connectivity index (χ1v) is 11.3. The molecule has 136 valence electrons. The van der Waals surface area contributed by atoms with Crippen LogP contribution in [0.2, 0.25) is 0 Å². The van der Waals surface area contributed by atoms with E-state index >= 15 is 0 Å². The first-order chi connectivity index (χ1) is 11.9. The Balaban J connectivity index is 1.47. The van der Waals surface area contributed by atoms with Crippen molar-refractivity contribution in [2.45, 2.75) is 44.3 Å². The molecule has 4 aliphatic rings. The Bertz CT molecular complexity index is 664. The third-order valence-corrected chi connectivity index (χ3v) is 7.37. The van der Waals surface area contributed by atoms with Gasteiger partial charge in [0.2, 0.25) is 0 Å². The summed E-state index contributed by atoms with van der Waals surface area (Å²) in [4.78, 5) is 14.9. The number of hydrogen-bond acceptors (Lipinski definition) is 2. The number of carbonyl (C=O) groups excluding carboxylic acids is 1. The van der Waals surface area contributed by atoms with Crippen LogP contribution in [0, 0.1) is 23.2 Å². The minimum absolute atomic E-state index is 0.111. The molecule has 0 radical (unpaired) electrons. The second-order valence-corrected chi connectivity index (χ2v) is 10.4. The SMILES string of the molecule is CN(CC12CC3CC(CC(C3)C1)C2)C(=O)c1cccc(CS(C)=O)c1. The Kier molecular flexibility index (Phi) is 4.51. The smallest absolute Gasteiger partial charge is 0.253 e. The first kappa shape index (κ1) is 17.3. The molecular formula is C21H29NO2S. The molecule has 1 atom stereocenters. The van der Waals surface area contributed by atoms with Crippen molar-refractivity contribution < 1.29 is 9.00 Å². The lowest BCUT2D eigenvalue weighted by molar-refractivity contribution is -0.0629. The van der Waals surface area contributed by atoms with Gasteiger partial charge in [0.1, 0.15) is 0 Å². The highest BCUT2D eigenvalue weighted by atomic mass is 32.2. The summed E-state index contributed by atoms with van der Waals surface area (Å²) in [5.41, 5.74) is 2.09. The Morgan fingerprint density at radius 3 is 2.32 bits per heavy atom. The summed E-state index contributed by atoms with van der Waals surface area (Å²) in [7, 11) is 1.08. The average molecular weight is 360 g/mol. The molecule has 3 nitrogen and oxygen atoms in total. The molecule has 1 unspecified atom stereocenters. The lowest BCUT2D eigenvalue weighted by Crippen LogP contribution is -2.51. The van der Waals surface area contributed by atoms with Crippen LogP contribution in [0.5, 0.6) is 0 Å². The van der Waals surface area contributed by atoms with Crippen LogP contribution >= 0.6 is 0 Å². The molecule has 25 heavy (non-hydrogen) atoms. The van der Waals surface area contributed by atoms with Gasteiger partial charge in [-0.15, -0.1) is 0 Å². The molecule has 0 spiro atoms. The zero-order valence-electron chi connectivity index (χ0n) is 15.4. The molecule has 1 amide bonds. The summed E-state index contributed by atoms with van der Waals surface area (Å²) in [5, 5.41) is 0. The molecule has 4 heteroatoms. The summed E-state index contributed by atoms with van der Waals surface area (Å²) < 4.78 is 11.5. The van der Waals surface area contributed by atoms with Gasteiger partial charge in [0.15, 0.2) is 0 Å². The summed E-state index contributed by atoms with van der Waals surface area (Å²) in [6.45, 7) is 0.902. The lowest BCUT2D eigenvalue weighted by Gasteiger charge is -2.57. The summed E-state index contributed by atoms with van der Waals surface area (Å²) >= 11 is 0. The molecule has 0 heterocycles. The fraction of sp³-hybridized carbons (Fsp3) is 0.667. The third-order valence-electron chi connectivity index (χ3n) is 6.63. The number of benzene rings is 1. The van der Waals surface area contributed by atoms with Crippen LogP contribution in [0.15, 0.2) is 24.3 Å². The average Bonchev–Trinajstić information content (AvgIpc) is 2.52. The molecule has 0 saturated heterocycles. The zero-order chi connectivity index (χ0) is 17.6. The van der Waals surface area contributed by atoms with E-state index in [-0.39, 0.29) is 5.91 Å². The molecule has 4 bridgehead atoms. The molecule has 4 saturated carbocycles. The standard InChI is InChI=1S/C21H29NO2S/c1-22(20(23)19-5-3-4-15(9-19)13-25(2)24)14-21-10-16-6-17(11-21)8-18(7-16)12-21/h3-5,9,16-18H,6-8,10-14H2,1-2H3. The number of rotatable bonds is 5. The van der Waals surface area contributed by atoms with E-state index in [2.05, 4.69) is 0 Å². The first-order valence-electron chi connectivity index (χ1n) is 9.57. The van der Waals surface area contributed by atoms with Gasteiger partial charge in [-0.25, -0.2) is 0 Å². The highest BCUT2D eigenvalue weighted by Gasteiger charge is 2.51. The molecule has 0 aromatic heterocycles. The van der Waals surface area contributed by atoms with Crippen LogP contribution in [0.4, 0.5) is 0 Å². The summed E-state index contributed by atoms with van der Waals surface area (Å²) in [6, 6.07) is 7.67. The lowest BCUT2D eigenvalue weighted by atomic mass is 9.49. The van der Waals surface area contributed by atoms with Crippen molar-refractivity contribution in [3.8, 4) is 0 Å². The van der Waals surface area contributed by atoms with E-state index in [1.807, 2.05) is 36.2 Å². The fourth-order valence-corrected chi connectivity index (χ4v) is 6.96. The quantitative estimate of drug-likeness (QED) is 0.801. The maximum atomic E-state index is 13.0. The molecule has 1 aromatic rings. The van der Waals surface area contributed by atoms with Crippen LogP contribution in [0.3, 0.4) is 0 Å². The van der Waals surface area contributed by atoms with E-state index in [1.165, 1.54) is 38.5 Å². The fourth-order valence-electron chi connectivity index (χ4n) is 6.31. The number of carbonyl (C=O) groups is 1. The maximum Gasteiger partial charge on any atom is 0.253 e. The zero-order valence-corrected chi connectivity index (χ0v) is 16.2. The molecule has 1 aromatic carbocycles. The molecular weight excluding hydrogens is 330 g/mol. The van der Waals surface area contributed by atoms with Crippen LogP contribution in [0.1, 0.15) is 54.4 Å². The van der Waals surface area contributed by atoms with Crippen molar-refractivity contribution in [3.63, 3.8) is 0 Å². The van der Waals surface area contributed by atoms with Crippen LogP contribution < -0.4 is 0 Å². The monoisotopic (exact) mass is 359 g/mol. The normalized spacial score (nSPS) is 34.1. The topological polar surface area (TPSA) is 37.4 Å². The maximum absolute atomic E-state index is 13.0. The molecule has 0 aliphatic heterocycles. The van der Waals surface area contributed by atoms with Gasteiger partial charge in [-0.1, -0.05) is 12.1 Å². The Hall–Kier alpha value is -1.16. The van der Waals surface area contributed by atoms with Crippen LogP contribution in [-0.4, -0.2) is 34.9 Å². The van der Waals surface area contributed by atoms with E-state index in [0.29, 0.717) is 11.2 Å². The molecule has 4 aliphatic carbocycles. The van der Waals surface area contributed by atoms with E-state index in [1.54, 1.807) is 6.26 Å². The van der Waals surface area contributed by atoms with Gasteiger partial charge in [-0.3, -0.25) is 9.00 Å². The van der Waals surface area contributed by atoms with E-state index in [0.717, 1.165) is 35.4 Å².